The Morgan fingerprint density at radius 3 is 1.06 bits per heavy atom. The van der Waals surface area contributed by atoms with E-state index < -0.39 is 0 Å². The van der Waals surface area contributed by atoms with Gasteiger partial charge in [-0.05, 0) is 110 Å². The topological polar surface area (TPSA) is 60.7 Å². The van der Waals surface area contributed by atoms with Crippen LogP contribution in [0.25, 0.3) is 0 Å². The van der Waals surface area contributed by atoms with Gasteiger partial charge in [-0.15, -0.1) is 0 Å². The third-order valence-corrected chi connectivity index (χ3v) is 5.79. The van der Waals surface area contributed by atoms with Gasteiger partial charge in [0.05, 0.1) is 0 Å². The van der Waals surface area contributed by atoms with Crippen LogP contribution < -0.4 is 0 Å². The Bertz CT molecular complexity index is 1090. The van der Waals surface area contributed by atoms with Crippen molar-refractivity contribution >= 4 is 0 Å². The lowest BCUT2D eigenvalue weighted by molar-refractivity contribution is 0.474. The van der Waals surface area contributed by atoms with Crippen LogP contribution in [0.4, 0.5) is 0 Å². The molecule has 3 heteroatoms. The van der Waals surface area contributed by atoms with Gasteiger partial charge in [-0.1, -0.05) is 54.7 Å². The Morgan fingerprint density at radius 2 is 0.824 bits per heavy atom. The predicted octanol–water partition coefficient (Wildman–Crippen LogP) is 7.34. The molecule has 0 heterocycles. The van der Waals surface area contributed by atoms with Crippen LogP contribution in [-0.2, 0) is 19.3 Å². The van der Waals surface area contributed by atoms with Gasteiger partial charge in [0.1, 0.15) is 17.2 Å². The number of hydrogen-bond donors (Lipinski definition) is 3. The Kier molecular flexibility index (Phi) is 7.68. The zero-order valence-corrected chi connectivity index (χ0v) is 20.4. The lowest BCUT2D eigenvalue weighted by Crippen LogP contribution is -2.12. The highest BCUT2D eigenvalue weighted by atomic mass is 16.3. The Hall–Kier alpha value is -3.72. The zero-order valence-electron chi connectivity index (χ0n) is 20.4. The van der Waals surface area contributed by atoms with Crippen molar-refractivity contribution in [1.29, 1.82) is 0 Å². The normalized spacial score (nSPS) is 10.9. The molecule has 0 bridgehead atoms. The fourth-order valence-electron chi connectivity index (χ4n) is 4.56. The lowest BCUT2D eigenvalue weighted by atomic mass is 9.77. The summed E-state index contributed by atoms with van der Waals surface area (Å²) in [5.74, 6) is 0.429. The van der Waals surface area contributed by atoms with Crippen molar-refractivity contribution in [2.75, 3.05) is 0 Å². The number of phenolic OH excluding ortho intramolecular Hbond substituents is 3. The third-order valence-electron chi connectivity index (χ3n) is 5.79. The summed E-state index contributed by atoms with van der Waals surface area (Å²) in [6.45, 7) is 18.2. The van der Waals surface area contributed by atoms with Crippen molar-refractivity contribution in [2.24, 2.45) is 0 Å². The van der Waals surface area contributed by atoms with E-state index >= 15 is 0 Å². The van der Waals surface area contributed by atoms with Gasteiger partial charge < -0.3 is 15.3 Å². The first-order valence-electron chi connectivity index (χ1n) is 11.4. The molecule has 0 aliphatic rings. The fourth-order valence-corrected chi connectivity index (χ4v) is 4.56. The minimum atomic E-state index is -0.195. The molecule has 0 aliphatic heterocycles. The maximum atomic E-state index is 10.3. The number of phenols is 3. The third kappa shape index (κ3) is 5.99. The van der Waals surface area contributed by atoms with Crippen molar-refractivity contribution < 1.29 is 15.3 Å². The second-order valence-corrected chi connectivity index (χ2v) is 9.48. The first kappa shape index (κ1) is 24.9. The molecule has 0 saturated heterocycles. The first-order valence-corrected chi connectivity index (χ1v) is 11.4. The molecule has 0 fully saturated rings. The highest BCUT2D eigenvalue weighted by molar-refractivity contribution is 5.55. The summed E-state index contributed by atoms with van der Waals surface area (Å²) >= 11 is 0. The van der Waals surface area contributed by atoms with Gasteiger partial charge in [-0.25, -0.2) is 0 Å². The van der Waals surface area contributed by atoms with Crippen LogP contribution >= 0.6 is 0 Å². The number of hydrogen-bond acceptors (Lipinski definition) is 3. The Morgan fingerprint density at radius 1 is 0.559 bits per heavy atom. The second-order valence-electron chi connectivity index (χ2n) is 9.48. The summed E-state index contributed by atoms with van der Waals surface area (Å²) in [7, 11) is 0. The molecule has 0 atom stereocenters. The van der Waals surface area contributed by atoms with Gasteiger partial charge in [0.25, 0.3) is 0 Å². The molecule has 0 spiro atoms. The van der Waals surface area contributed by atoms with E-state index in [2.05, 4.69) is 19.7 Å². The molecule has 3 aromatic carbocycles. The molecule has 0 radical (unpaired) electrons. The van der Waals surface area contributed by atoms with Crippen LogP contribution in [-0.4, -0.2) is 15.3 Å². The summed E-state index contributed by atoms with van der Waals surface area (Å²) in [6, 6.07) is 16.4. The van der Waals surface area contributed by atoms with Crippen LogP contribution in [0.15, 0.2) is 91.1 Å². The standard InChI is InChI=1S/C31H34O3/c1-19(2)13-22-16-25(32)7-10-28(22)31(29-11-8-26(33)17-23(29)14-20(3)4)30-12-9-27(34)18-24(30)15-21(5)6/h7-12,16-18,31-34H,1,3,5,13-15H2,2,4,6H3. The number of aromatic hydroxyl groups is 3. The molecule has 0 aliphatic carbocycles. The van der Waals surface area contributed by atoms with Gasteiger partial charge in [0.15, 0.2) is 0 Å². The number of rotatable bonds is 9. The van der Waals surface area contributed by atoms with Crippen molar-refractivity contribution in [3.8, 4) is 17.2 Å². The van der Waals surface area contributed by atoms with E-state index in [0.29, 0.717) is 19.3 Å². The summed E-state index contributed by atoms with van der Waals surface area (Å²) in [5, 5.41) is 30.8. The predicted molar refractivity (Wildman–Crippen MR) is 141 cm³/mol. The molecule has 3 aromatic rings. The van der Waals surface area contributed by atoms with Crippen LogP contribution in [0.5, 0.6) is 17.2 Å². The molecule has 3 N–H and O–H groups in total. The van der Waals surface area contributed by atoms with Gasteiger partial charge in [0, 0.05) is 5.92 Å². The molecular formula is C31H34O3. The van der Waals surface area contributed by atoms with E-state index in [0.717, 1.165) is 50.1 Å². The molecule has 176 valence electrons. The molecule has 0 aromatic heterocycles. The highest BCUT2D eigenvalue weighted by Gasteiger charge is 2.25. The quantitative estimate of drug-likeness (QED) is 0.234. The minimum absolute atomic E-state index is 0.195. The van der Waals surface area contributed by atoms with E-state index in [4.69, 9.17) is 0 Å². The average molecular weight is 455 g/mol. The van der Waals surface area contributed by atoms with Crippen molar-refractivity contribution in [3.05, 3.63) is 124 Å². The number of allylic oxidation sites excluding steroid dienone is 3. The Balaban J connectivity index is 2.38. The Labute approximate surface area is 203 Å². The van der Waals surface area contributed by atoms with E-state index in [1.165, 1.54) is 0 Å². The van der Waals surface area contributed by atoms with Crippen LogP contribution in [0.1, 0.15) is 60.1 Å². The van der Waals surface area contributed by atoms with Gasteiger partial charge in [-0.3, -0.25) is 0 Å². The summed E-state index contributed by atoms with van der Waals surface area (Å²) in [4.78, 5) is 0. The van der Waals surface area contributed by atoms with Crippen LogP contribution in [0, 0.1) is 0 Å². The highest BCUT2D eigenvalue weighted by Crippen LogP contribution is 2.41. The van der Waals surface area contributed by atoms with Crippen molar-refractivity contribution in [1.82, 2.24) is 0 Å². The molecule has 0 unspecified atom stereocenters. The summed E-state index contributed by atoms with van der Waals surface area (Å²) in [5.41, 5.74) is 9.07. The molecule has 0 amide bonds. The van der Waals surface area contributed by atoms with Gasteiger partial charge >= 0.3 is 0 Å². The largest absolute Gasteiger partial charge is 0.508 e. The second kappa shape index (κ2) is 10.5. The maximum absolute atomic E-state index is 10.3. The van der Waals surface area contributed by atoms with E-state index in [9.17, 15) is 15.3 Å². The monoisotopic (exact) mass is 454 g/mol. The van der Waals surface area contributed by atoms with Crippen molar-refractivity contribution in [3.63, 3.8) is 0 Å². The van der Waals surface area contributed by atoms with Crippen LogP contribution in [0.3, 0.4) is 0 Å². The number of benzene rings is 3. The van der Waals surface area contributed by atoms with E-state index in [-0.39, 0.29) is 23.2 Å². The molecular weight excluding hydrogens is 420 g/mol. The first-order chi connectivity index (χ1) is 16.0. The molecule has 3 nitrogen and oxygen atoms in total. The zero-order chi connectivity index (χ0) is 25.0. The molecule has 0 saturated carbocycles. The fraction of sp³-hybridized carbons (Fsp3) is 0.226. The molecule has 34 heavy (non-hydrogen) atoms. The van der Waals surface area contributed by atoms with E-state index in [1.54, 1.807) is 36.4 Å². The van der Waals surface area contributed by atoms with Crippen LogP contribution in [0.2, 0.25) is 0 Å². The summed E-state index contributed by atoms with van der Waals surface area (Å²) in [6.07, 6.45) is 1.88. The average Bonchev–Trinajstić information content (AvgIpc) is 2.71. The lowest BCUT2D eigenvalue weighted by Gasteiger charge is -2.27. The summed E-state index contributed by atoms with van der Waals surface area (Å²) < 4.78 is 0. The van der Waals surface area contributed by atoms with Gasteiger partial charge in [-0.2, -0.15) is 0 Å². The SMILES string of the molecule is C=C(C)Cc1cc(O)ccc1C(c1ccc(O)cc1CC(=C)C)c1ccc(O)cc1CC(=C)C. The van der Waals surface area contributed by atoms with E-state index in [1.807, 2.05) is 39.0 Å². The van der Waals surface area contributed by atoms with Gasteiger partial charge in [0.2, 0.25) is 0 Å². The maximum Gasteiger partial charge on any atom is 0.115 e. The minimum Gasteiger partial charge on any atom is -0.508 e. The smallest absolute Gasteiger partial charge is 0.115 e. The van der Waals surface area contributed by atoms with Crippen molar-refractivity contribution in [2.45, 2.75) is 46.0 Å². The molecule has 3 rings (SSSR count).